The van der Waals surface area contributed by atoms with E-state index in [4.69, 9.17) is 0 Å². The number of nitrogens with zero attached hydrogens (tertiary/aromatic N) is 4. The Morgan fingerprint density at radius 3 is 2.58 bits per heavy atom. The fraction of sp³-hybridized carbons (Fsp3) is 0.409. The first-order valence-electron chi connectivity index (χ1n) is 10.4. The van der Waals surface area contributed by atoms with E-state index >= 15 is 0 Å². The van der Waals surface area contributed by atoms with Crippen LogP contribution in [0.3, 0.4) is 0 Å². The molecule has 1 atom stereocenters. The van der Waals surface area contributed by atoms with Gasteiger partial charge in [0.25, 0.3) is 11.6 Å². The molecule has 1 saturated heterocycles. The van der Waals surface area contributed by atoms with Gasteiger partial charge in [-0.25, -0.2) is 4.98 Å². The third-order valence-electron chi connectivity index (χ3n) is 5.56. The van der Waals surface area contributed by atoms with Crippen molar-refractivity contribution >= 4 is 29.0 Å². The van der Waals surface area contributed by atoms with E-state index in [1.165, 1.54) is 23.1 Å². The third kappa shape index (κ3) is 4.82. The van der Waals surface area contributed by atoms with Gasteiger partial charge in [-0.2, -0.15) is 0 Å². The molecule has 0 spiro atoms. The minimum Gasteiger partial charge on any atom is -0.357 e. The maximum absolute atomic E-state index is 13.0. The van der Waals surface area contributed by atoms with Crippen LogP contribution in [0.25, 0.3) is 0 Å². The van der Waals surface area contributed by atoms with Crippen LogP contribution in [0, 0.1) is 17.0 Å². The van der Waals surface area contributed by atoms with Crippen molar-refractivity contribution in [3.05, 3.63) is 57.8 Å². The minimum atomic E-state index is -0.592. The number of pyridine rings is 1. The topological polar surface area (TPSA) is 109 Å². The number of benzene rings is 1. The molecule has 1 aliphatic heterocycles. The summed E-state index contributed by atoms with van der Waals surface area (Å²) in [5.41, 5.74) is 1.29. The molecule has 0 aliphatic carbocycles. The van der Waals surface area contributed by atoms with Gasteiger partial charge in [-0.1, -0.05) is 0 Å². The Morgan fingerprint density at radius 1 is 1.26 bits per heavy atom. The maximum atomic E-state index is 13.0. The van der Waals surface area contributed by atoms with E-state index in [1.807, 2.05) is 6.07 Å². The van der Waals surface area contributed by atoms with E-state index in [0.717, 1.165) is 25.3 Å². The predicted octanol–water partition coefficient (Wildman–Crippen LogP) is 3.39. The molecule has 164 valence electrons. The molecule has 1 fully saturated rings. The highest BCUT2D eigenvalue weighted by molar-refractivity contribution is 6.01. The van der Waals surface area contributed by atoms with Gasteiger partial charge in [0.15, 0.2) is 0 Å². The Hall–Kier alpha value is -3.49. The number of carbonyl (C=O) groups excluding carboxylic acids is 2. The van der Waals surface area contributed by atoms with Crippen LogP contribution in [0.4, 0.5) is 17.2 Å². The summed E-state index contributed by atoms with van der Waals surface area (Å²) in [6.45, 7) is 7.86. The minimum absolute atomic E-state index is 0.0343. The van der Waals surface area contributed by atoms with Gasteiger partial charge >= 0.3 is 0 Å². The zero-order chi connectivity index (χ0) is 22.5. The van der Waals surface area contributed by atoms with Gasteiger partial charge in [-0.3, -0.25) is 19.7 Å². The van der Waals surface area contributed by atoms with Crippen LogP contribution in [-0.2, 0) is 4.79 Å². The quantitative estimate of drug-likeness (QED) is 0.538. The molecule has 1 aliphatic rings. The highest BCUT2D eigenvalue weighted by atomic mass is 16.6. The number of nitro benzene ring substituents is 1. The van der Waals surface area contributed by atoms with Gasteiger partial charge in [0.05, 0.1) is 16.8 Å². The van der Waals surface area contributed by atoms with Crippen LogP contribution in [-0.4, -0.2) is 52.3 Å². The summed E-state index contributed by atoms with van der Waals surface area (Å²) < 4.78 is 0. The summed E-state index contributed by atoms with van der Waals surface area (Å²) in [6.07, 6.45) is 2.90. The Balaban J connectivity index is 1.71. The zero-order valence-electron chi connectivity index (χ0n) is 18.0. The normalized spacial score (nSPS) is 15.6. The number of amides is 2. The third-order valence-corrected chi connectivity index (χ3v) is 5.56. The van der Waals surface area contributed by atoms with E-state index in [9.17, 15) is 19.7 Å². The molecule has 1 aromatic heterocycles. The molecule has 1 unspecified atom stereocenters. The zero-order valence-corrected chi connectivity index (χ0v) is 18.0. The van der Waals surface area contributed by atoms with Gasteiger partial charge in [0.1, 0.15) is 11.9 Å². The van der Waals surface area contributed by atoms with Gasteiger partial charge in [-0.05, 0) is 57.9 Å². The lowest BCUT2D eigenvalue weighted by atomic mass is 10.1. The molecule has 2 amide bonds. The van der Waals surface area contributed by atoms with Crippen LogP contribution in [0.1, 0.15) is 42.6 Å². The van der Waals surface area contributed by atoms with Crippen LogP contribution in [0.5, 0.6) is 0 Å². The molecule has 1 N–H and O–H groups in total. The summed E-state index contributed by atoms with van der Waals surface area (Å²) in [5.74, 6) is 0.279. The van der Waals surface area contributed by atoms with Crippen LogP contribution in [0.2, 0.25) is 0 Å². The second-order valence-corrected chi connectivity index (χ2v) is 7.48. The van der Waals surface area contributed by atoms with Crippen molar-refractivity contribution in [2.75, 3.05) is 29.9 Å². The Labute approximate surface area is 181 Å². The number of hydrogen-bond acceptors (Lipinski definition) is 6. The van der Waals surface area contributed by atoms with Crippen molar-refractivity contribution in [2.45, 2.75) is 39.7 Å². The number of anilines is 2. The van der Waals surface area contributed by atoms with Crippen LogP contribution < -0.4 is 10.2 Å². The molecule has 31 heavy (non-hydrogen) atoms. The molecule has 9 heteroatoms. The van der Waals surface area contributed by atoms with Gasteiger partial charge in [0, 0.05) is 36.8 Å². The van der Waals surface area contributed by atoms with Crippen molar-refractivity contribution in [1.29, 1.82) is 0 Å². The molecule has 0 radical (unpaired) electrons. The first-order valence-corrected chi connectivity index (χ1v) is 10.4. The average Bonchev–Trinajstić information content (AvgIpc) is 3.25. The Bertz CT molecular complexity index is 972. The molecule has 9 nitrogen and oxygen atoms in total. The molecule has 2 heterocycles. The van der Waals surface area contributed by atoms with E-state index in [0.29, 0.717) is 29.8 Å². The van der Waals surface area contributed by atoms with Crippen molar-refractivity contribution in [1.82, 2.24) is 9.88 Å². The highest BCUT2D eigenvalue weighted by Crippen LogP contribution is 2.25. The fourth-order valence-corrected chi connectivity index (χ4v) is 3.86. The number of nitro groups is 1. The number of aromatic nitrogens is 1. The number of rotatable bonds is 7. The molecule has 1 aromatic carbocycles. The Kier molecular flexibility index (Phi) is 6.84. The maximum Gasteiger partial charge on any atom is 0.272 e. The summed E-state index contributed by atoms with van der Waals surface area (Å²) in [6, 6.07) is 7.35. The second-order valence-electron chi connectivity index (χ2n) is 7.48. The van der Waals surface area contributed by atoms with E-state index < -0.39 is 11.0 Å². The number of aryl methyl sites for hydroxylation is 1. The van der Waals surface area contributed by atoms with Gasteiger partial charge in [0.2, 0.25) is 5.91 Å². The molecule has 0 bridgehead atoms. The van der Waals surface area contributed by atoms with E-state index in [-0.39, 0.29) is 17.5 Å². The summed E-state index contributed by atoms with van der Waals surface area (Å²) >= 11 is 0. The smallest absolute Gasteiger partial charge is 0.272 e. The summed E-state index contributed by atoms with van der Waals surface area (Å²) in [7, 11) is 0. The molecule has 3 rings (SSSR count). The SMILES string of the molecule is CCN(CC)c1ccc(NC(=O)C2CCCN2C(=O)c2ccc([N+](=O)[O-])c(C)c2)cn1. The van der Waals surface area contributed by atoms with Crippen molar-refractivity contribution in [3.8, 4) is 0 Å². The van der Waals surface area contributed by atoms with E-state index in [2.05, 4.69) is 29.0 Å². The first-order chi connectivity index (χ1) is 14.8. The molecular formula is C22H27N5O4. The average molecular weight is 425 g/mol. The monoisotopic (exact) mass is 425 g/mol. The number of nitrogens with one attached hydrogen (secondary N) is 1. The van der Waals surface area contributed by atoms with Crippen molar-refractivity contribution in [3.63, 3.8) is 0 Å². The second kappa shape index (κ2) is 9.55. The van der Waals surface area contributed by atoms with Crippen LogP contribution >= 0.6 is 0 Å². The Morgan fingerprint density at radius 2 is 2.00 bits per heavy atom. The van der Waals surface area contributed by atoms with E-state index in [1.54, 1.807) is 19.2 Å². The lowest BCUT2D eigenvalue weighted by molar-refractivity contribution is -0.385. The van der Waals surface area contributed by atoms with Gasteiger partial charge in [-0.15, -0.1) is 0 Å². The lowest BCUT2D eigenvalue weighted by Crippen LogP contribution is -2.43. The molecule has 0 saturated carbocycles. The fourth-order valence-electron chi connectivity index (χ4n) is 3.86. The number of likely N-dealkylation sites (tertiary alicyclic amines) is 1. The number of hydrogen-bond donors (Lipinski definition) is 1. The number of carbonyl (C=O) groups is 2. The molecular weight excluding hydrogens is 398 g/mol. The van der Waals surface area contributed by atoms with Crippen molar-refractivity contribution < 1.29 is 14.5 Å². The van der Waals surface area contributed by atoms with Crippen LogP contribution in [0.15, 0.2) is 36.5 Å². The molecule has 2 aromatic rings. The predicted molar refractivity (Wildman–Crippen MR) is 118 cm³/mol. The summed E-state index contributed by atoms with van der Waals surface area (Å²) in [5, 5.41) is 13.9. The van der Waals surface area contributed by atoms with Crippen molar-refractivity contribution in [2.24, 2.45) is 0 Å². The highest BCUT2D eigenvalue weighted by Gasteiger charge is 2.35. The first kappa shape index (κ1) is 22.2. The standard InChI is InChI=1S/C22H27N5O4/c1-4-25(5-2)20-11-9-17(14-23-20)24-21(28)19-7-6-12-26(19)22(29)16-8-10-18(27(30)31)15(3)13-16/h8-11,13-14,19H,4-7,12H2,1-3H3,(H,24,28). The summed E-state index contributed by atoms with van der Waals surface area (Å²) in [4.78, 5) is 44.5. The lowest BCUT2D eigenvalue weighted by Gasteiger charge is -2.24. The largest absolute Gasteiger partial charge is 0.357 e. The van der Waals surface area contributed by atoms with Gasteiger partial charge < -0.3 is 15.1 Å².